The van der Waals surface area contributed by atoms with E-state index >= 15 is 0 Å². The molecule has 1 atom stereocenters. The molecule has 6 nitrogen and oxygen atoms in total. The zero-order valence-electron chi connectivity index (χ0n) is 18.6. The van der Waals surface area contributed by atoms with Gasteiger partial charge < -0.3 is 10.2 Å². The number of urea groups is 1. The summed E-state index contributed by atoms with van der Waals surface area (Å²) in [5.74, 6) is -0.650. The zero-order valence-corrected chi connectivity index (χ0v) is 18.6. The van der Waals surface area contributed by atoms with Crippen LogP contribution in [0, 0.1) is 0 Å². The fourth-order valence-electron chi connectivity index (χ4n) is 4.35. The van der Waals surface area contributed by atoms with E-state index in [-0.39, 0.29) is 17.9 Å². The summed E-state index contributed by atoms with van der Waals surface area (Å²) < 4.78 is 0. The Morgan fingerprint density at radius 1 is 1.06 bits per heavy atom. The molecule has 0 aliphatic carbocycles. The SMILES string of the molecule is CC(C)(C)c1ccc([C@@]2(C)NC(=O)N(CC(=O)N3CCCc4ccccc43)C2=O)cc1. The summed E-state index contributed by atoms with van der Waals surface area (Å²) in [7, 11) is 0. The minimum Gasteiger partial charge on any atom is -0.319 e. The van der Waals surface area contributed by atoms with E-state index in [0.717, 1.165) is 34.6 Å². The van der Waals surface area contributed by atoms with Gasteiger partial charge in [-0.1, -0.05) is 63.2 Å². The van der Waals surface area contributed by atoms with Gasteiger partial charge in [-0.15, -0.1) is 0 Å². The smallest absolute Gasteiger partial charge is 0.319 e. The van der Waals surface area contributed by atoms with Crippen LogP contribution in [0.25, 0.3) is 0 Å². The summed E-state index contributed by atoms with van der Waals surface area (Å²) in [5, 5.41) is 2.80. The van der Waals surface area contributed by atoms with Gasteiger partial charge in [0.1, 0.15) is 12.1 Å². The molecule has 31 heavy (non-hydrogen) atoms. The van der Waals surface area contributed by atoms with E-state index in [4.69, 9.17) is 0 Å². The maximum absolute atomic E-state index is 13.3. The molecular weight excluding hydrogens is 390 g/mol. The monoisotopic (exact) mass is 419 g/mol. The van der Waals surface area contributed by atoms with Gasteiger partial charge in [-0.25, -0.2) is 4.79 Å². The number of nitrogens with one attached hydrogen (secondary N) is 1. The van der Waals surface area contributed by atoms with Crippen molar-refractivity contribution >= 4 is 23.5 Å². The lowest BCUT2D eigenvalue weighted by Gasteiger charge is -2.30. The summed E-state index contributed by atoms with van der Waals surface area (Å²) in [5.41, 5.74) is 2.64. The molecule has 6 heteroatoms. The van der Waals surface area contributed by atoms with Gasteiger partial charge in [0.2, 0.25) is 5.91 Å². The largest absolute Gasteiger partial charge is 0.325 e. The average molecular weight is 420 g/mol. The number of hydrogen-bond acceptors (Lipinski definition) is 3. The number of carbonyl (C=O) groups is 3. The Balaban J connectivity index is 1.54. The first-order chi connectivity index (χ1) is 14.6. The number of anilines is 1. The molecule has 0 bridgehead atoms. The molecule has 2 aliphatic rings. The molecule has 0 unspecified atom stereocenters. The van der Waals surface area contributed by atoms with Crippen molar-refractivity contribution in [3.63, 3.8) is 0 Å². The molecule has 2 aromatic carbocycles. The standard InChI is InChI=1S/C25H29N3O3/c1-24(2,3)18-11-13-19(14-12-18)25(4)22(30)28(23(31)26-25)16-21(29)27-15-7-9-17-8-5-6-10-20(17)27/h5-6,8,10-14H,7,9,15-16H2,1-4H3,(H,26,31)/t25-/m1/s1. The molecule has 0 spiro atoms. The van der Waals surface area contributed by atoms with Crippen molar-refractivity contribution in [3.05, 3.63) is 65.2 Å². The molecule has 1 saturated heterocycles. The average Bonchev–Trinajstić information content (AvgIpc) is 2.96. The topological polar surface area (TPSA) is 69.7 Å². The first-order valence-corrected chi connectivity index (χ1v) is 10.7. The van der Waals surface area contributed by atoms with Crippen LogP contribution in [0.4, 0.5) is 10.5 Å². The van der Waals surface area contributed by atoms with Crippen molar-refractivity contribution in [2.24, 2.45) is 0 Å². The van der Waals surface area contributed by atoms with Gasteiger partial charge in [0.05, 0.1) is 0 Å². The van der Waals surface area contributed by atoms with Gasteiger partial charge in [-0.3, -0.25) is 14.5 Å². The fourth-order valence-corrected chi connectivity index (χ4v) is 4.35. The van der Waals surface area contributed by atoms with E-state index < -0.39 is 17.5 Å². The van der Waals surface area contributed by atoms with E-state index in [1.165, 1.54) is 0 Å². The number of rotatable bonds is 3. The Hall–Kier alpha value is -3.15. The highest BCUT2D eigenvalue weighted by atomic mass is 16.2. The highest BCUT2D eigenvalue weighted by Crippen LogP contribution is 2.32. The second kappa shape index (κ2) is 7.52. The van der Waals surface area contributed by atoms with Gasteiger partial charge in [0.15, 0.2) is 0 Å². The van der Waals surface area contributed by atoms with E-state index in [2.05, 4.69) is 26.1 Å². The first-order valence-electron chi connectivity index (χ1n) is 10.7. The number of aryl methyl sites for hydroxylation is 1. The lowest BCUT2D eigenvalue weighted by atomic mass is 9.84. The minimum absolute atomic E-state index is 0.00838. The quantitative estimate of drug-likeness (QED) is 0.771. The second-order valence-corrected chi connectivity index (χ2v) is 9.55. The summed E-state index contributed by atoms with van der Waals surface area (Å²) in [4.78, 5) is 41.7. The lowest BCUT2D eigenvalue weighted by Crippen LogP contribution is -2.46. The molecule has 1 fully saturated rings. The van der Waals surface area contributed by atoms with Crippen LogP contribution in [0.1, 0.15) is 50.8 Å². The molecule has 1 N–H and O–H groups in total. The predicted octanol–water partition coefficient (Wildman–Crippen LogP) is 3.73. The van der Waals surface area contributed by atoms with Crippen molar-refractivity contribution in [2.45, 2.75) is 51.5 Å². The number of hydrogen-bond donors (Lipinski definition) is 1. The Labute approximate surface area is 183 Å². The van der Waals surface area contributed by atoms with Crippen LogP contribution in [-0.2, 0) is 27.0 Å². The Kier molecular flexibility index (Phi) is 5.12. The van der Waals surface area contributed by atoms with Crippen LogP contribution < -0.4 is 10.2 Å². The Morgan fingerprint density at radius 3 is 2.42 bits per heavy atom. The normalized spacial score (nSPS) is 21.2. The molecule has 4 rings (SSSR count). The second-order valence-electron chi connectivity index (χ2n) is 9.55. The number of amides is 4. The Bertz CT molecular complexity index is 1040. The van der Waals surface area contributed by atoms with Crippen molar-refractivity contribution in [1.29, 1.82) is 0 Å². The van der Waals surface area contributed by atoms with Gasteiger partial charge in [-0.05, 0) is 47.9 Å². The highest BCUT2D eigenvalue weighted by molar-refractivity contribution is 6.10. The van der Waals surface area contributed by atoms with Crippen LogP contribution >= 0.6 is 0 Å². The molecule has 2 heterocycles. The third-order valence-electron chi connectivity index (χ3n) is 6.31. The van der Waals surface area contributed by atoms with E-state index in [1.807, 2.05) is 48.5 Å². The molecule has 2 aromatic rings. The van der Waals surface area contributed by atoms with Crippen LogP contribution in [-0.4, -0.2) is 35.8 Å². The summed E-state index contributed by atoms with van der Waals surface area (Å²) in [6, 6.07) is 15.0. The molecule has 0 radical (unpaired) electrons. The van der Waals surface area contributed by atoms with Crippen LogP contribution in [0.3, 0.4) is 0 Å². The van der Waals surface area contributed by atoms with E-state index in [0.29, 0.717) is 12.1 Å². The molecule has 2 aliphatic heterocycles. The molecule has 162 valence electrons. The van der Waals surface area contributed by atoms with Gasteiger partial charge >= 0.3 is 6.03 Å². The number of carbonyl (C=O) groups excluding carboxylic acids is 3. The highest BCUT2D eigenvalue weighted by Gasteiger charge is 2.49. The molecule has 0 saturated carbocycles. The number of benzene rings is 2. The van der Waals surface area contributed by atoms with Crippen LogP contribution in [0.2, 0.25) is 0 Å². The number of para-hydroxylation sites is 1. The molecular formula is C25H29N3O3. The Morgan fingerprint density at radius 2 is 1.74 bits per heavy atom. The lowest BCUT2D eigenvalue weighted by molar-refractivity contribution is -0.134. The van der Waals surface area contributed by atoms with Crippen molar-refractivity contribution < 1.29 is 14.4 Å². The number of nitrogens with zero attached hydrogens (tertiary/aromatic N) is 2. The molecule has 4 amide bonds. The van der Waals surface area contributed by atoms with Crippen LogP contribution in [0.5, 0.6) is 0 Å². The minimum atomic E-state index is -1.19. The van der Waals surface area contributed by atoms with Gasteiger partial charge in [0.25, 0.3) is 5.91 Å². The van der Waals surface area contributed by atoms with E-state index in [9.17, 15) is 14.4 Å². The maximum Gasteiger partial charge on any atom is 0.325 e. The number of fused-ring (bicyclic) bond motifs is 1. The van der Waals surface area contributed by atoms with Gasteiger partial charge in [0, 0.05) is 12.2 Å². The van der Waals surface area contributed by atoms with Crippen molar-refractivity contribution in [1.82, 2.24) is 10.2 Å². The zero-order chi connectivity index (χ0) is 22.4. The van der Waals surface area contributed by atoms with Crippen molar-refractivity contribution in [2.75, 3.05) is 18.0 Å². The maximum atomic E-state index is 13.3. The third-order valence-corrected chi connectivity index (χ3v) is 6.31. The summed E-state index contributed by atoms with van der Waals surface area (Å²) in [6.07, 6.45) is 1.78. The third kappa shape index (κ3) is 3.71. The number of imide groups is 1. The molecule has 0 aromatic heterocycles. The van der Waals surface area contributed by atoms with Gasteiger partial charge in [-0.2, -0.15) is 0 Å². The fraction of sp³-hybridized carbons (Fsp3) is 0.400. The first kappa shape index (κ1) is 21.1. The van der Waals surface area contributed by atoms with E-state index in [1.54, 1.807) is 11.8 Å². The summed E-state index contributed by atoms with van der Waals surface area (Å²) >= 11 is 0. The summed E-state index contributed by atoms with van der Waals surface area (Å²) in [6.45, 7) is 8.38. The van der Waals surface area contributed by atoms with Crippen LogP contribution in [0.15, 0.2) is 48.5 Å². The predicted molar refractivity (Wildman–Crippen MR) is 120 cm³/mol. The van der Waals surface area contributed by atoms with Crippen molar-refractivity contribution in [3.8, 4) is 0 Å².